The Morgan fingerprint density at radius 2 is 2.24 bits per heavy atom. The molecule has 0 amide bonds. The molecule has 0 saturated heterocycles. The van der Waals surface area contributed by atoms with Crippen molar-refractivity contribution in [3.8, 4) is 0 Å². The summed E-state index contributed by atoms with van der Waals surface area (Å²) in [7, 11) is 1.82. The van der Waals surface area contributed by atoms with Gasteiger partial charge in [-0.1, -0.05) is 0 Å². The molecule has 0 aromatic carbocycles. The van der Waals surface area contributed by atoms with Gasteiger partial charge in [0.25, 0.3) is 0 Å². The van der Waals surface area contributed by atoms with Crippen LogP contribution < -0.4 is 11.1 Å². The summed E-state index contributed by atoms with van der Waals surface area (Å²) in [5.41, 5.74) is 7.92. The number of nitrogen functional groups attached to an aromatic ring is 1. The lowest BCUT2D eigenvalue weighted by atomic mass is 10.2. The molecule has 0 fully saturated rings. The standard InChI is InChI=1S/C11H14BrN5/c1-7-3-9(12)6-15-11(7)14-4-8-5-16-17(2)10(8)13/h3,5-6H,4,13H2,1-2H3,(H,14,15). The number of hydrogen-bond donors (Lipinski definition) is 2. The number of nitrogens with one attached hydrogen (secondary N) is 1. The van der Waals surface area contributed by atoms with Gasteiger partial charge in [-0.25, -0.2) is 4.98 Å². The summed E-state index contributed by atoms with van der Waals surface area (Å²) in [4.78, 5) is 4.30. The van der Waals surface area contributed by atoms with Crippen molar-refractivity contribution in [2.75, 3.05) is 11.1 Å². The van der Waals surface area contributed by atoms with Crippen molar-refractivity contribution in [3.63, 3.8) is 0 Å². The number of anilines is 2. The van der Waals surface area contributed by atoms with Gasteiger partial charge in [0.2, 0.25) is 0 Å². The Hall–Kier alpha value is -1.56. The van der Waals surface area contributed by atoms with Crippen LogP contribution in [0.2, 0.25) is 0 Å². The Labute approximate surface area is 108 Å². The lowest BCUT2D eigenvalue weighted by molar-refractivity contribution is 0.778. The lowest BCUT2D eigenvalue weighted by Crippen LogP contribution is -2.06. The van der Waals surface area contributed by atoms with Gasteiger partial charge in [-0.3, -0.25) is 4.68 Å². The van der Waals surface area contributed by atoms with E-state index >= 15 is 0 Å². The van der Waals surface area contributed by atoms with Crippen molar-refractivity contribution in [1.29, 1.82) is 0 Å². The number of pyridine rings is 1. The first kappa shape index (κ1) is 11.9. The Bertz CT molecular complexity index is 535. The van der Waals surface area contributed by atoms with E-state index in [2.05, 4.69) is 31.3 Å². The molecule has 2 aromatic rings. The molecule has 2 rings (SSSR count). The molecule has 90 valence electrons. The van der Waals surface area contributed by atoms with E-state index in [0.717, 1.165) is 21.4 Å². The van der Waals surface area contributed by atoms with Crippen molar-refractivity contribution in [3.05, 3.63) is 34.1 Å². The van der Waals surface area contributed by atoms with E-state index < -0.39 is 0 Å². The van der Waals surface area contributed by atoms with E-state index in [9.17, 15) is 0 Å². The summed E-state index contributed by atoms with van der Waals surface area (Å²) < 4.78 is 2.63. The predicted molar refractivity (Wildman–Crippen MR) is 71.6 cm³/mol. The number of nitrogens with zero attached hydrogens (tertiary/aromatic N) is 3. The Morgan fingerprint density at radius 1 is 1.47 bits per heavy atom. The third kappa shape index (κ3) is 2.58. The van der Waals surface area contributed by atoms with E-state index in [0.29, 0.717) is 12.4 Å². The highest BCUT2D eigenvalue weighted by atomic mass is 79.9. The molecule has 0 spiro atoms. The lowest BCUT2D eigenvalue weighted by Gasteiger charge is -2.08. The van der Waals surface area contributed by atoms with Crippen LogP contribution in [-0.4, -0.2) is 14.8 Å². The predicted octanol–water partition coefficient (Wildman–Crippen LogP) is 2.08. The first-order valence-corrected chi connectivity index (χ1v) is 5.99. The summed E-state index contributed by atoms with van der Waals surface area (Å²) >= 11 is 3.38. The molecule has 0 aliphatic carbocycles. The second kappa shape index (κ2) is 4.75. The molecule has 2 aromatic heterocycles. The fourth-order valence-corrected chi connectivity index (χ4v) is 1.98. The molecular formula is C11H14BrN5. The number of nitrogens with two attached hydrogens (primary N) is 1. The van der Waals surface area contributed by atoms with Gasteiger partial charge in [0.1, 0.15) is 11.6 Å². The minimum atomic E-state index is 0.620. The van der Waals surface area contributed by atoms with Crippen LogP contribution in [0.15, 0.2) is 22.9 Å². The van der Waals surface area contributed by atoms with Gasteiger partial charge in [0.05, 0.1) is 6.20 Å². The van der Waals surface area contributed by atoms with Gasteiger partial charge in [-0.15, -0.1) is 0 Å². The largest absolute Gasteiger partial charge is 0.384 e. The van der Waals surface area contributed by atoms with Crippen LogP contribution in [0.1, 0.15) is 11.1 Å². The van der Waals surface area contributed by atoms with E-state index in [1.54, 1.807) is 17.1 Å². The minimum Gasteiger partial charge on any atom is -0.384 e. The van der Waals surface area contributed by atoms with Gasteiger partial charge in [-0.2, -0.15) is 5.10 Å². The monoisotopic (exact) mass is 295 g/mol. The topological polar surface area (TPSA) is 68.8 Å². The zero-order valence-corrected chi connectivity index (χ0v) is 11.3. The van der Waals surface area contributed by atoms with Gasteiger partial charge < -0.3 is 11.1 Å². The fraction of sp³-hybridized carbons (Fsp3) is 0.273. The van der Waals surface area contributed by atoms with Crippen LogP contribution >= 0.6 is 15.9 Å². The van der Waals surface area contributed by atoms with Gasteiger partial charge in [0.15, 0.2) is 0 Å². The average Bonchev–Trinajstić information content (AvgIpc) is 2.59. The molecule has 0 aliphatic rings. The van der Waals surface area contributed by atoms with Crippen LogP contribution in [-0.2, 0) is 13.6 Å². The van der Waals surface area contributed by atoms with Crippen LogP contribution in [0.4, 0.5) is 11.6 Å². The van der Waals surface area contributed by atoms with Crippen LogP contribution in [0.3, 0.4) is 0 Å². The third-order valence-electron chi connectivity index (χ3n) is 2.56. The zero-order chi connectivity index (χ0) is 12.4. The van der Waals surface area contributed by atoms with Crippen LogP contribution in [0, 0.1) is 6.92 Å². The maximum Gasteiger partial charge on any atom is 0.129 e. The number of halogens is 1. The molecule has 0 aliphatic heterocycles. The maximum absolute atomic E-state index is 5.86. The van der Waals surface area contributed by atoms with E-state index in [-0.39, 0.29) is 0 Å². The molecule has 6 heteroatoms. The van der Waals surface area contributed by atoms with Crippen LogP contribution in [0.5, 0.6) is 0 Å². The number of hydrogen-bond acceptors (Lipinski definition) is 4. The van der Waals surface area contributed by atoms with Crippen LogP contribution in [0.25, 0.3) is 0 Å². The second-order valence-electron chi connectivity index (χ2n) is 3.85. The quantitative estimate of drug-likeness (QED) is 0.910. The molecule has 0 saturated carbocycles. The van der Waals surface area contributed by atoms with Gasteiger partial charge in [0, 0.05) is 29.8 Å². The van der Waals surface area contributed by atoms with Crippen molar-refractivity contribution in [2.24, 2.45) is 7.05 Å². The molecular weight excluding hydrogens is 282 g/mol. The Balaban J connectivity index is 2.10. The summed E-state index contributed by atoms with van der Waals surface area (Å²) in [6.07, 6.45) is 3.53. The number of aromatic nitrogens is 3. The second-order valence-corrected chi connectivity index (χ2v) is 4.77. The highest BCUT2D eigenvalue weighted by Crippen LogP contribution is 2.18. The van der Waals surface area contributed by atoms with E-state index in [1.165, 1.54) is 0 Å². The Kier molecular flexibility index (Phi) is 3.33. The summed E-state index contributed by atoms with van der Waals surface area (Å²) in [5, 5.41) is 7.33. The molecule has 0 atom stereocenters. The maximum atomic E-state index is 5.86. The molecule has 3 N–H and O–H groups in total. The molecule has 0 unspecified atom stereocenters. The Morgan fingerprint density at radius 3 is 2.82 bits per heavy atom. The average molecular weight is 296 g/mol. The smallest absolute Gasteiger partial charge is 0.129 e. The van der Waals surface area contributed by atoms with Crippen molar-refractivity contribution in [1.82, 2.24) is 14.8 Å². The number of aryl methyl sites for hydroxylation is 2. The van der Waals surface area contributed by atoms with E-state index in [4.69, 9.17) is 5.73 Å². The molecule has 2 heterocycles. The SMILES string of the molecule is Cc1cc(Br)cnc1NCc1cnn(C)c1N. The third-order valence-corrected chi connectivity index (χ3v) is 2.99. The molecule has 17 heavy (non-hydrogen) atoms. The first-order chi connectivity index (χ1) is 8.08. The fourth-order valence-electron chi connectivity index (χ4n) is 1.53. The van der Waals surface area contributed by atoms with E-state index in [1.807, 2.05) is 20.0 Å². The van der Waals surface area contributed by atoms with Gasteiger partial charge in [-0.05, 0) is 34.5 Å². The van der Waals surface area contributed by atoms with Crippen molar-refractivity contribution < 1.29 is 0 Å². The van der Waals surface area contributed by atoms with Crippen molar-refractivity contribution >= 4 is 27.6 Å². The summed E-state index contributed by atoms with van der Waals surface area (Å²) in [6, 6.07) is 2.02. The molecule has 0 bridgehead atoms. The minimum absolute atomic E-state index is 0.620. The summed E-state index contributed by atoms with van der Waals surface area (Å²) in [6.45, 7) is 2.63. The summed E-state index contributed by atoms with van der Waals surface area (Å²) in [5.74, 6) is 1.53. The molecule has 0 radical (unpaired) electrons. The highest BCUT2D eigenvalue weighted by molar-refractivity contribution is 9.10. The molecule has 5 nitrogen and oxygen atoms in total. The number of rotatable bonds is 3. The van der Waals surface area contributed by atoms with Gasteiger partial charge >= 0.3 is 0 Å². The zero-order valence-electron chi connectivity index (χ0n) is 9.74. The normalized spacial score (nSPS) is 10.5. The highest BCUT2D eigenvalue weighted by Gasteiger charge is 2.05. The first-order valence-electron chi connectivity index (χ1n) is 5.20. The van der Waals surface area contributed by atoms with Crippen molar-refractivity contribution in [2.45, 2.75) is 13.5 Å².